The maximum Gasteiger partial charge on any atom is 0.146 e. The van der Waals surface area contributed by atoms with E-state index in [9.17, 15) is 4.39 Å². The zero-order valence-electron chi connectivity index (χ0n) is 11.9. The quantitative estimate of drug-likeness (QED) is 0.870. The maximum atomic E-state index is 13.9. The highest BCUT2D eigenvalue weighted by Crippen LogP contribution is 2.44. The van der Waals surface area contributed by atoms with Crippen molar-refractivity contribution in [2.24, 2.45) is 0 Å². The summed E-state index contributed by atoms with van der Waals surface area (Å²) >= 11 is 0. The van der Waals surface area contributed by atoms with Crippen molar-refractivity contribution >= 4 is 5.69 Å². The Morgan fingerprint density at radius 1 is 1.15 bits per heavy atom. The molecular weight excluding hydrogens is 253 g/mol. The molecule has 3 rings (SSSR count). The Hall–Kier alpha value is -2.03. The molecule has 20 heavy (non-hydrogen) atoms. The van der Waals surface area contributed by atoms with Crippen molar-refractivity contribution in [2.45, 2.75) is 32.4 Å². The molecule has 0 aromatic heterocycles. The summed E-state index contributed by atoms with van der Waals surface area (Å²) in [5.41, 5.74) is 2.19. The zero-order valence-corrected chi connectivity index (χ0v) is 11.9. The van der Waals surface area contributed by atoms with E-state index in [1.165, 1.54) is 6.07 Å². The normalized spacial score (nSPS) is 19.3. The van der Waals surface area contributed by atoms with E-state index in [0.29, 0.717) is 5.69 Å². The zero-order chi connectivity index (χ0) is 14.3. The van der Waals surface area contributed by atoms with Crippen molar-refractivity contribution in [1.82, 2.24) is 0 Å². The summed E-state index contributed by atoms with van der Waals surface area (Å²) in [4.78, 5) is 0. The van der Waals surface area contributed by atoms with Crippen molar-refractivity contribution in [2.75, 3.05) is 5.32 Å². The molecule has 0 saturated carbocycles. The number of nitrogens with one attached hydrogen (secondary N) is 1. The summed E-state index contributed by atoms with van der Waals surface area (Å²) in [5, 5.41) is 3.30. The first-order valence-electron chi connectivity index (χ1n) is 6.78. The highest BCUT2D eigenvalue weighted by Gasteiger charge is 2.41. The standard InChI is InChI=1S/C17H18FNO/c1-11-8-9-13(18)14(10-11)19-16-12-6-4-5-7-15(12)20-17(16,2)3/h4-10,16,19H,1-3H3. The average molecular weight is 271 g/mol. The first-order chi connectivity index (χ1) is 9.47. The van der Waals surface area contributed by atoms with Crippen molar-refractivity contribution < 1.29 is 9.13 Å². The minimum atomic E-state index is -0.417. The van der Waals surface area contributed by atoms with Crippen LogP contribution in [-0.2, 0) is 0 Å². The van der Waals surface area contributed by atoms with Crippen LogP contribution in [0.4, 0.5) is 10.1 Å². The molecule has 3 heteroatoms. The average Bonchev–Trinajstić information content (AvgIpc) is 2.65. The minimum Gasteiger partial charge on any atom is -0.485 e. The molecule has 1 atom stereocenters. The van der Waals surface area contributed by atoms with Gasteiger partial charge < -0.3 is 10.1 Å². The second kappa shape index (κ2) is 4.51. The molecule has 1 unspecified atom stereocenters. The molecule has 0 fully saturated rings. The number of aryl methyl sites for hydroxylation is 1. The number of benzene rings is 2. The van der Waals surface area contributed by atoms with Crippen molar-refractivity contribution in [3.8, 4) is 5.75 Å². The van der Waals surface area contributed by atoms with Crippen LogP contribution in [0, 0.1) is 12.7 Å². The van der Waals surface area contributed by atoms with Gasteiger partial charge in [0.15, 0.2) is 0 Å². The smallest absolute Gasteiger partial charge is 0.146 e. The fourth-order valence-corrected chi connectivity index (χ4v) is 2.69. The van der Waals surface area contributed by atoms with Gasteiger partial charge in [-0.15, -0.1) is 0 Å². The number of hydrogen-bond donors (Lipinski definition) is 1. The monoisotopic (exact) mass is 271 g/mol. The van der Waals surface area contributed by atoms with Crippen molar-refractivity contribution in [3.05, 3.63) is 59.4 Å². The molecule has 1 heterocycles. The Labute approximate surface area is 118 Å². The number of halogens is 1. The highest BCUT2D eigenvalue weighted by molar-refractivity contribution is 5.53. The van der Waals surface area contributed by atoms with Crippen LogP contribution in [-0.4, -0.2) is 5.60 Å². The Bertz CT molecular complexity index is 651. The summed E-state index contributed by atoms with van der Waals surface area (Å²) < 4.78 is 19.9. The van der Waals surface area contributed by atoms with Crippen LogP contribution in [0.2, 0.25) is 0 Å². The van der Waals surface area contributed by atoms with E-state index in [1.54, 1.807) is 6.07 Å². The van der Waals surface area contributed by atoms with E-state index in [-0.39, 0.29) is 11.9 Å². The molecule has 0 amide bonds. The topological polar surface area (TPSA) is 21.3 Å². The van der Waals surface area contributed by atoms with E-state index >= 15 is 0 Å². The molecule has 1 aliphatic rings. The minimum absolute atomic E-state index is 0.0741. The van der Waals surface area contributed by atoms with E-state index < -0.39 is 5.60 Å². The number of fused-ring (bicyclic) bond motifs is 1. The van der Waals surface area contributed by atoms with E-state index in [1.807, 2.05) is 51.1 Å². The molecule has 0 bridgehead atoms. The predicted molar refractivity (Wildman–Crippen MR) is 78.6 cm³/mol. The van der Waals surface area contributed by atoms with Crippen LogP contribution in [0.3, 0.4) is 0 Å². The van der Waals surface area contributed by atoms with Crippen LogP contribution in [0.5, 0.6) is 5.75 Å². The third-order valence-corrected chi connectivity index (χ3v) is 3.72. The highest BCUT2D eigenvalue weighted by atomic mass is 19.1. The van der Waals surface area contributed by atoms with Crippen molar-refractivity contribution in [1.29, 1.82) is 0 Å². The van der Waals surface area contributed by atoms with Gasteiger partial charge in [0.25, 0.3) is 0 Å². The summed E-state index contributed by atoms with van der Waals surface area (Å²) in [6.45, 7) is 5.98. The van der Waals surface area contributed by atoms with Gasteiger partial charge >= 0.3 is 0 Å². The Morgan fingerprint density at radius 2 is 1.90 bits per heavy atom. The number of anilines is 1. The molecular formula is C17H18FNO. The van der Waals surface area contributed by atoms with Crippen molar-refractivity contribution in [3.63, 3.8) is 0 Å². The molecule has 1 aliphatic heterocycles. The van der Waals surface area contributed by atoms with Gasteiger partial charge in [-0.25, -0.2) is 4.39 Å². The third kappa shape index (κ3) is 2.13. The second-order valence-electron chi connectivity index (χ2n) is 5.80. The van der Waals surface area contributed by atoms with E-state index in [0.717, 1.165) is 16.9 Å². The van der Waals surface area contributed by atoms with Gasteiger partial charge in [0, 0.05) is 5.56 Å². The Morgan fingerprint density at radius 3 is 2.70 bits per heavy atom. The third-order valence-electron chi connectivity index (χ3n) is 3.72. The molecule has 104 valence electrons. The number of ether oxygens (including phenoxy) is 1. The first kappa shape index (κ1) is 13.0. The van der Waals surface area contributed by atoms with Crippen LogP contribution in [0.15, 0.2) is 42.5 Å². The van der Waals surface area contributed by atoms with E-state index in [2.05, 4.69) is 5.32 Å². The van der Waals surface area contributed by atoms with Gasteiger partial charge in [-0.1, -0.05) is 24.3 Å². The SMILES string of the molecule is Cc1ccc(F)c(NC2c3ccccc3OC2(C)C)c1. The molecule has 0 radical (unpaired) electrons. The molecule has 0 aliphatic carbocycles. The van der Waals surface area contributed by atoms with Gasteiger partial charge in [0.1, 0.15) is 17.2 Å². The lowest BCUT2D eigenvalue weighted by Crippen LogP contribution is -2.35. The lowest BCUT2D eigenvalue weighted by molar-refractivity contribution is 0.118. The lowest BCUT2D eigenvalue weighted by Gasteiger charge is -2.28. The molecule has 2 aromatic rings. The summed E-state index contributed by atoms with van der Waals surface area (Å²) in [6, 6.07) is 12.9. The molecule has 0 saturated heterocycles. The van der Waals surface area contributed by atoms with Crippen LogP contribution in [0.1, 0.15) is 31.0 Å². The summed E-state index contributed by atoms with van der Waals surface area (Å²) in [5.74, 6) is 0.624. The van der Waals surface area contributed by atoms with Crippen LogP contribution < -0.4 is 10.1 Å². The number of para-hydroxylation sites is 1. The van der Waals surface area contributed by atoms with E-state index in [4.69, 9.17) is 4.74 Å². The lowest BCUT2D eigenvalue weighted by atomic mass is 9.94. The summed E-state index contributed by atoms with van der Waals surface area (Å²) in [6.07, 6.45) is 0. The molecule has 0 spiro atoms. The number of hydrogen-bond acceptors (Lipinski definition) is 2. The van der Waals surface area contributed by atoms with Gasteiger partial charge in [0.05, 0.1) is 11.7 Å². The fraction of sp³-hybridized carbons (Fsp3) is 0.294. The van der Waals surface area contributed by atoms with Crippen LogP contribution in [0.25, 0.3) is 0 Å². The van der Waals surface area contributed by atoms with Crippen LogP contribution >= 0.6 is 0 Å². The molecule has 2 nitrogen and oxygen atoms in total. The fourth-order valence-electron chi connectivity index (χ4n) is 2.69. The van der Waals surface area contributed by atoms with Gasteiger partial charge in [-0.3, -0.25) is 0 Å². The second-order valence-corrected chi connectivity index (χ2v) is 5.80. The van der Waals surface area contributed by atoms with Gasteiger partial charge in [-0.2, -0.15) is 0 Å². The Balaban J connectivity index is 1.99. The van der Waals surface area contributed by atoms with Gasteiger partial charge in [0.2, 0.25) is 0 Å². The number of rotatable bonds is 2. The maximum absolute atomic E-state index is 13.9. The summed E-state index contributed by atoms with van der Waals surface area (Å²) in [7, 11) is 0. The molecule has 2 aromatic carbocycles. The first-order valence-corrected chi connectivity index (χ1v) is 6.78. The predicted octanol–water partition coefficient (Wildman–Crippen LogP) is 4.46. The Kier molecular flexibility index (Phi) is 2.93. The molecule has 1 N–H and O–H groups in total. The van der Waals surface area contributed by atoms with Gasteiger partial charge in [-0.05, 0) is 44.5 Å². The largest absolute Gasteiger partial charge is 0.485 e.